The van der Waals surface area contributed by atoms with Crippen molar-refractivity contribution in [3.63, 3.8) is 0 Å². The SMILES string of the molecule is Cc1cccc(Cl)c1NC1CCN(c2ccccn2)CC1. The lowest BCUT2D eigenvalue weighted by Gasteiger charge is -2.34. The Morgan fingerprint density at radius 2 is 1.95 bits per heavy atom. The summed E-state index contributed by atoms with van der Waals surface area (Å²) in [5.41, 5.74) is 2.28. The number of piperidine rings is 1. The molecule has 1 aliphatic rings. The van der Waals surface area contributed by atoms with Crippen LogP contribution in [-0.2, 0) is 0 Å². The van der Waals surface area contributed by atoms with E-state index in [2.05, 4.69) is 34.3 Å². The summed E-state index contributed by atoms with van der Waals surface area (Å²) in [7, 11) is 0. The summed E-state index contributed by atoms with van der Waals surface area (Å²) in [4.78, 5) is 6.77. The molecule has 3 nitrogen and oxygen atoms in total. The summed E-state index contributed by atoms with van der Waals surface area (Å²) in [6, 6.07) is 12.6. The molecule has 1 aromatic heterocycles. The maximum absolute atomic E-state index is 6.29. The van der Waals surface area contributed by atoms with Crippen molar-refractivity contribution in [1.82, 2.24) is 4.98 Å². The zero-order chi connectivity index (χ0) is 14.7. The summed E-state index contributed by atoms with van der Waals surface area (Å²) in [5.74, 6) is 1.07. The molecule has 0 unspecified atom stereocenters. The quantitative estimate of drug-likeness (QED) is 0.924. The monoisotopic (exact) mass is 301 g/mol. The highest BCUT2D eigenvalue weighted by atomic mass is 35.5. The van der Waals surface area contributed by atoms with Gasteiger partial charge in [-0.1, -0.05) is 29.8 Å². The lowest BCUT2D eigenvalue weighted by molar-refractivity contribution is 0.523. The number of hydrogen-bond acceptors (Lipinski definition) is 3. The van der Waals surface area contributed by atoms with Crippen LogP contribution >= 0.6 is 11.6 Å². The standard InChI is InChI=1S/C17H20ClN3/c1-13-5-4-6-15(18)17(13)20-14-8-11-21(12-9-14)16-7-2-3-10-19-16/h2-7,10,14,20H,8-9,11-12H2,1H3. The summed E-state index contributed by atoms with van der Waals surface area (Å²) in [6.45, 7) is 4.15. The fraction of sp³-hybridized carbons (Fsp3) is 0.353. The van der Waals surface area contributed by atoms with E-state index in [1.165, 1.54) is 5.56 Å². The van der Waals surface area contributed by atoms with Crippen molar-refractivity contribution in [2.75, 3.05) is 23.3 Å². The highest BCUT2D eigenvalue weighted by Gasteiger charge is 2.20. The van der Waals surface area contributed by atoms with Crippen LogP contribution in [0, 0.1) is 6.92 Å². The van der Waals surface area contributed by atoms with Crippen molar-refractivity contribution >= 4 is 23.1 Å². The summed E-state index contributed by atoms with van der Waals surface area (Å²) >= 11 is 6.29. The maximum Gasteiger partial charge on any atom is 0.128 e. The summed E-state index contributed by atoms with van der Waals surface area (Å²) in [6.07, 6.45) is 4.05. The van der Waals surface area contributed by atoms with Crippen LogP contribution in [0.3, 0.4) is 0 Å². The molecule has 110 valence electrons. The Hall–Kier alpha value is -1.74. The van der Waals surface area contributed by atoms with E-state index >= 15 is 0 Å². The number of aryl methyl sites for hydroxylation is 1. The van der Waals surface area contributed by atoms with Gasteiger partial charge in [0.15, 0.2) is 0 Å². The van der Waals surface area contributed by atoms with Gasteiger partial charge in [0, 0.05) is 25.3 Å². The second kappa shape index (κ2) is 6.35. The minimum atomic E-state index is 0.476. The lowest BCUT2D eigenvalue weighted by Crippen LogP contribution is -2.39. The first kappa shape index (κ1) is 14.2. The number of pyridine rings is 1. The van der Waals surface area contributed by atoms with E-state index in [9.17, 15) is 0 Å². The molecular formula is C17H20ClN3. The summed E-state index contributed by atoms with van der Waals surface area (Å²) in [5, 5.41) is 4.42. The largest absolute Gasteiger partial charge is 0.381 e. The van der Waals surface area contributed by atoms with Gasteiger partial charge in [-0.2, -0.15) is 0 Å². The molecule has 2 aromatic rings. The highest BCUT2D eigenvalue weighted by Crippen LogP contribution is 2.28. The number of halogens is 1. The number of aromatic nitrogens is 1. The zero-order valence-corrected chi connectivity index (χ0v) is 13.0. The van der Waals surface area contributed by atoms with Crippen molar-refractivity contribution in [3.05, 3.63) is 53.2 Å². The van der Waals surface area contributed by atoms with E-state index in [1.807, 2.05) is 30.5 Å². The van der Waals surface area contributed by atoms with Crippen molar-refractivity contribution in [2.24, 2.45) is 0 Å². The van der Waals surface area contributed by atoms with Gasteiger partial charge in [0.1, 0.15) is 5.82 Å². The Labute approximate surface area is 131 Å². The fourth-order valence-corrected chi connectivity index (χ4v) is 3.09. The Morgan fingerprint density at radius 1 is 1.14 bits per heavy atom. The van der Waals surface area contributed by atoms with Crippen molar-refractivity contribution in [3.8, 4) is 0 Å². The van der Waals surface area contributed by atoms with Gasteiger partial charge in [0.2, 0.25) is 0 Å². The average Bonchev–Trinajstić information content (AvgIpc) is 2.53. The second-order valence-electron chi connectivity index (χ2n) is 5.53. The predicted octanol–water partition coefficient (Wildman–Crippen LogP) is 4.12. The predicted molar refractivity (Wildman–Crippen MR) is 89.3 cm³/mol. The van der Waals surface area contributed by atoms with Crippen molar-refractivity contribution in [1.29, 1.82) is 0 Å². The Bertz CT molecular complexity index is 572. The molecule has 0 amide bonds. The Balaban J connectivity index is 1.62. The van der Waals surface area contributed by atoms with Crippen LogP contribution in [0.25, 0.3) is 0 Å². The summed E-state index contributed by atoms with van der Waals surface area (Å²) < 4.78 is 0. The van der Waals surface area contributed by atoms with Gasteiger partial charge < -0.3 is 10.2 Å². The third-order valence-corrected chi connectivity index (χ3v) is 4.35. The van der Waals surface area contributed by atoms with Crippen molar-refractivity contribution in [2.45, 2.75) is 25.8 Å². The van der Waals surface area contributed by atoms with E-state index in [0.717, 1.165) is 42.5 Å². The van der Waals surface area contributed by atoms with Crippen LogP contribution in [0.1, 0.15) is 18.4 Å². The van der Waals surface area contributed by atoms with E-state index in [1.54, 1.807) is 0 Å². The molecule has 1 saturated heterocycles. The van der Waals surface area contributed by atoms with E-state index < -0.39 is 0 Å². The topological polar surface area (TPSA) is 28.2 Å². The molecule has 1 fully saturated rings. The molecule has 4 heteroatoms. The van der Waals surface area contributed by atoms with Crippen LogP contribution in [-0.4, -0.2) is 24.1 Å². The first-order valence-electron chi connectivity index (χ1n) is 7.41. The van der Waals surface area contributed by atoms with Crippen LogP contribution < -0.4 is 10.2 Å². The number of nitrogens with zero attached hydrogens (tertiary/aromatic N) is 2. The van der Waals surface area contributed by atoms with Gasteiger partial charge in [0.25, 0.3) is 0 Å². The third kappa shape index (κ3) is 3.30. The third-order valence-electron chi connectivity index (χ3n) is 4.04. The number of benzene rings is 1. The van der Waals surface area contributed by atoms with Crippen LogP contribution in [0.15, 0.2) is 42.6 Å². The van der Waals surface area contributed by atoms with Gasteiger partial charge in [-0.25, -0.2) is 4.98 Å². The van der Waals surface area contributed by atoms with Gasteiger partial charge in [-0.05, 0) is 43.5 Å². The fourth-order valence-electron chi connectivity index (χ4n) is 2.81. The average molecular weight is 302 g/mol. The molecule has 2 heterocycles. The van der Waals surface area contributed by atoms with Gasteiger partial charge >= 0.3 is 0 Å². The molecule has 1 N–H and O–H groups in total. The van der Waals surface area contributed by atoms with Gasteiger partial charge in [0.05, 0.1) is 10.7 Å². The van der Waals surface area contributed by atoms with E-state index in [4.69, 9.17) is 11.6 Å². The molecule has 1 aromatic carbocycles. The molecule has 3 rings (SSSR count). The van der Waals surface area contributed by atoms with Crippen LogP contribution in [0.2, 0.25) is 5.02 Å². The van der Waals surface area contributed by atoms with Gasteiger partial charge in [-0.15, -0.1) is 0 Å². The second-order valence-corrected chi connectivity index (χ2v) is 5.93. The zero-order valence-electron chi connectivity index (χ0n) is 12.2. The lowest BCUT2D eigenvalue weighted by atomic mass is 10.0. The molecular weight excluding hydrogens is 282 g/mol. The molecule has 21 heavy (non-hydrogen) atoms. The Morgan fingerprint density at radius 3 is 2.62 bits per heavy atom. The molecule has 1 aliphatic heterocycles. The van der Waals surface area contributed by atoms with Crippen LogP contribution in [0.5, 0.6) is 0 Å². The minimum Gasteiger partial charge on any atom is -0.381 e. The first-order valence-corrected chi connectivity index (χ1v) is 7.79. The number of nitrogens with one attached hydrogen (secondary N) is 1. The minimum absolute atomic E-state index is 0.476. The normalized spacial score (nSPS) is 16.0. The van der Waals surface area contributed by atoms with Crippen molar-refractivity contribution < 1.29 is 0 Å². The van der Waals surface area contributed by atoms with Gasteiger partial charge in [-0.3, -0.25) is 0 Å². The molecule has 0 spiro atoms. The number of rotatable bonds is 3. The van der Waals surface area contributed by atoms with E-state index in [-0.39, 0.29) is 0 Å². The number of anilines is 2. The highest BCUT2D eigenvalue weighted by molar-refractivity contribution is 6.33. The maximum atomic E-state index is 6.29. The Kier molecular flexibility index (Phi) is 4.30. The molecule has 0 saturated carbocycles. The van der Waals surface area contributed by atoms with E-state index in [0.29, 0.717) is 6.04 Å². The number of hydrogen-bond donors (Lipinski definition) is 1. The molecule has 0 aliphatic carbocycles. The molecule has 0 atom stereocenters. The first-order chi connectivity index (χ1) is 10.2. The molecule has 0 radical (unpaired) electrons. The smallest absolute Gasteiger partial charge is 0.128 e. The molecule has 0 bridgehead atoms. The number of para-hydroxylation sites is 1. The van der Waals surface area contributed by atoms with Crippen LogP contribution in [0.4, 0.5) is 11.5 Å².